The Kier molecular flexibility index (Phi) is 4.18. The molecule has 25 heavy (non-hydrogen) atoms. The third-order valence-electron chi connectivity index (χ3n) is 3.50. The van der Waals surface area contributed by atoms with Gasteiger partial charge in [0.15, 0.2) is 11.6 Å². The molecule has 0 aliphatic rings. The molecule has 0 spiro atoms. The first kappa shape index (κ1) is 16.6. The number of benzene rings is 2. The number of aromatic nitrogens is 2. The summed E-state index contributed by atoms with van der Waals surface area (Å²) in [4.78, 5) is 8.44. The molecule has 3 aromatic rings. The average molecular weight is 345 g/mol. The summed E-state index contributed by atoms with van der Waals surface area (Å²) in [7, 11) is 0. The van der Waals surface area contributed by atoms with Gasteiger partial charge in [-0.15, -0.1) is 0 Å². The van der Waals surface area contributed by atoms with Crippen molar-refractivity contribution in [2.24, 2.45) is 0 Å². The number of anilines is 4. The summed E-state index contributed by atoms with van der Waals surface area (Å²) >= 11 is 0. The first-order chi connectivity index (χ1) is 11.8. The van der Waals surface area contributed by atoms with Crippen molar-refractivity contribution in [1.82, 2.24) is 9.97 Å². The van der Waals surface area contributed by atoms with E-state index in [9.17, 15) is 13.2 Å². The minimum atomic E-state index is -4.37. The van der Waals surface area contributed by atoms with Crippen LogP contribution in [0, 0.1) is 0 Å². The van der Waals surface area contributed by atoms with Gasteiger partial charge in [0.05, 0.1) is 11.8 Å². The van der Waals surface area contributed by atoms with Gasteiger partial charge in [-0.2, -0.15) is 13.2 Å². The van der Waals surface area contributed by atoms with Gasteiger partial charge in [0.2, 0.25) is 0 Å². The number of hydrogen-bond donors (Lipinski definition) is 3. The Morgan fingerprint density at radius 2 is 1.60 bits per heavy atom. The van der Waals surface area contributed by atoms with Crippen LogP contribution in [-0.2, 0) is 6.18 Å². The molecular weight excluding hydrogens is 331 g/mol. The van der Waals surface area contributed by atoms with Gasteiger partial charge in [0.1, 0.15) is 5.69 Å². The largest absolute Gasteiger partial charge is 0.416 e. The third-order valence-corrected chi connectivity index (χ3v) is 3.50. The molecule has 0 atom stereocenters. The van der Waals surface area contributed by atoms with Crippen LogP contribution < -0.4 is 16.8 Å². The lowest BCUT2D eigenvalue weighted by molar-refractivity contribution is -0.137. The summed E-state index contributed by atoms with van der Waals surface area (Å²) in [6, 6.07) is 11.7. The summed E-state index contributed by atoms with van der Waals surface area (Å²) in [6.45, 7) is 0. The van der Waals surface area contributed by atoms with Gasteiger partial charge >= 0.3 is 6.18 Å². The Labute approximate surface area is 141 Å². The Hall–Kier alpha value is -3.29. The van der Waals surface area contributed by atoms with E-state index in [-0.39, 0.29) is 5.82 Å². The number of hydrogen-bond acceptors (Lipinski definition) is 5. The number of nitrogens with two attached hydrogens (primary N) is 2. The average Bonchev–Trinajstić information content (AvgIpc) is 2.56. The zero-order valence-corrected chi connectivity index (χ0v) is 12.9. The van der Waals surface area contributed by atoms with E-state index < -0.39 is 11.7 Å². The molecule has 1 heterocycles. The Morgan fingerprint density at radius 3 is 2.20 bits per heavy atom. The molecule has 0 amide bonds. The molecule has 0 aliphatic carbocycles. The van der Waals surface area contributed by atoms with E-state index in [1.165, 1.54) is 18.3 Å². The van der Waals surface area contributed by atoms with Gasteiger partial charge in [-0.25, -0.2) is 9.97 Å². The zero-order chi connectivity index (χ0) is 18.0. The quantitative estimate of drug-likeness (QED) is 0.623. The molecule has 8 heteroatoms. The monoisotopic (exact) mass is 345 g/mol. The number of nitrogen functional groups attached to an aromatic ring is 2. The number of rotatable bonds is 3. The van der Waals surface area contributed by atoms with Crippen LogP contribution in [0.1, 0.15) is 5.56 Å². The lowest BCUT2D eigenvalue weighted by atomic mass is 10.1. The van der Waals surface area contributed by atoms with Crippen LogP contribution >= 0.6 is 0 Å². The lowest BCUT2D eigenvalue weighted by Crippen LogP contribution is -2.05. The first-order valence-electron chi connectivity index (χ1n) is 7.26. The Bertz CT molecular complexity index is 892. The Morgan fingerprint density at radius 1 is 0.920 bits per heavy atom. The van der Waals surface area contributed by atoms with Gasteiger partial charge in [-0.3, -0.25) is 0 Å². The van der Waals surface area contributed by atoms with E-state index in [1.54, 1.807) is 24.3 Å². The van der Waals surface area contributed by atoms with Crippen LogP contribution in [0.2, 0.25) is 0 Å². The molecule has 0 aliphatic heterocycles. The molecule has 0 fully saturated rings. The van der Waals surface area contributed by atoms with E-state index in [1.807, 2.05) is 0 Å². The molecule has 5 nitrogen and oxygen atoms in total. The fourth-order valence-electron chi connectivity index (χ4n) is 2.27. The molecule has 0 saturated heterocycles. The van der Waals surface area contributed by atoms with Gasteiger partial charge < -0.3 is 16.8 Å². The standard InChI is InChI=1S/C17H14F3N5/c18-17(19,20)10-5-7-11(8-6-10)24-14-9-23-15(16(22)25-14)12-3-1-2-4-13(12)21/h1-9H,21H2,(H3,22,24,25). The fourth-order valence-corrected chi connectivity index (χ4v) is 2.27. The van der Waals surface area contributed by atoms with Crippen LogP contribution in [-0.4, -0.2) is 9.97 Å². The predicted octanol–water partition coefficient (Wildman–Crippen LogP) is 4.07. The zero-order valence-electron chi connectivity index (χ0n) is 12.9. The number of para-hydroxylation sites is 1. The van der Waals surface area contributed by atoms with E-state index >= 15 is 0 Å². The lowest BCUT2D eigenvalue weighted by Gasteiger charge is -2.11. The van der Waals surface area contributed by atoms with Crippen molar-refractivity contribution in [3.05, 3.63) is 60.3 Å². The fraction of sp³-hybridized carbons (Fsp3) is 0.0588. The Balaban J connectivity index is 1.83. The second-order valence-corrected chi connectivity index (χ2v) is 5.28. The smallest absolute Gasteiger partial charge is 0.398 e. The highest BCUT2D eigenvalue weighted by atomic mass is 19.4. The predicted molar refractivity (Wildman–Crippen MR) is 91.0 cm³/mol. The SMILES string of the molecule is Nc1ccccc1-c1ncc(Nc2ccc(C(F)(F)F)cc2)nc1N. The normalized spacial score (nSPS) is 11.3. The molecule has 1 aromatic heterocycles. The summed E-state index contributed by atoms with van der Waals surface area (Å²) in [5.74, 6) is 0.477. The van der Waals surface area contributed by atoms with Gasteiger partial charge in [-0.05, 0) is 30.3 Å². The van der Waals surface area contributed by atoms with E-state index in [0.29, 0.717) is 28.5 Å². The highest BCUT2D eigenvalue weighted by Gasteiger charge is 2.29. The van der Waals surface area contributed by atoms with Crippen molar-refractivity contribution >= 4 is 23.0 Å². The number of nitrogens with one attached hydrogen (secondary N) is 1. The molecule has 0 saturated carbocycles. The molecule has 0 radical (unpaired) electrons. The highest BCUT2D eigenvalue weighted by Crippen LogP contribution is 2.31. The van der Waals surface area contributed by atoms with Crippen molar-refractivity contribution in [2.45, 2.75) is 6.18 Å². The molecular formula is C17H14F3N5. The molecule has 5 N–H and O–H groups in total. The molecule has 3 rings (SSSR count). The third kappa shape index (κ3) is 3.63. The van der Waals surface area contributed by atoms with Crippen molar-refractivity contribution in [2.75, 3.05) is 16.8 Å². The van der Waals surface area contributed by atoms with E-state index in [0.717, 1.165) is 12.1 Å². The topological polar surface area (TPSA) is 89.8 Å². The van der Waals surface area contributed by atoms with Crippen LogP contribution in [0.5, 0.6) is 0 Å². The molecule has 0 bridgehead atoms. The summed E-state index contributed by atoms with van der Waals surface area (Å²) < 4.78 is 37.7. The number of nitrogens with zero attached hydrogens (tertiary/aromatic N) is 2. The molecule has 0 unspecified atom stereocenters. The maximum Gasteiger partial charge on any atom is 0.416 e. The highest BCUT2D eigenvalue weighted by molar-refractivity contribution is 5.80. The van der Waals surface area contributed by atoms with Crippen molar-refractivity contribution in [3.63, 3.8) is 0 Å². The van der Waals surface area contributed by atoms with Crippen molar-refractivity contribution < 1.29 is 13.2 Å². The minimum Gasteiger partial charge on any atom is -0.398 e. The van der Waals surface area contributed by atoms with Crippen LogP contribution in [0.3, 0.4) is 0 Å². The number of halogens is 3. The van der Waals surface area contributed by atoms with Crippen LogP contribution in [0.4, 0.5) is 36.2 Å². The summed E-state index contributed by atoms with van der Waals surface area (Å²) in [5, 5.41) is 2.86. The first-order valence-corrected chi connectivity index (χ1v) is 7.26. The molecule has 2 aromatic carbocycles. The summed E-state index contributed by atoms with van der Waals surface area (Å²) in [5.41, 5.74) is 13.2. The maximum absolute atomic E-state index is 12.6. The maximum atomic E-state index is 12.6. The van der Waals surface area contributed by atoms with E-state index in [2.05, 4.69) is 15.3 Å². The van der Waals surface area contributed by atoms with Crippen LogP contribution in [0.15, 0.2) is 54.7 Å². The van der Waals surface area contributed by atoms with Gasteiger partial charge in [-0.1, -0.05) is 18.2 Å². The second-order valence-electron chi connectivity index (χ2n) is 5.28. The van der Waals surface area contributed by atoms with E-state index in [4.69, 9.17) is 11.5 Å². The van der Waals surface area contributed by atoms with Gasteiger partial charge in [0, 0.05) is 16.9 Å². The second kappa shape index (κ2) is 6.31. The number of alkyl halides is 3. The van der Waals surface area contributed by atoms with Crippen molar-refractivity contribution in [1.29, 1.82) is 0 Å². The van der Waals surface area contributed by atoms with Crippen molar-refractivity contribution in [3.8, 4) is 11.3 Å². The minimum absolute atomic E-state index is 0.162. The van der Waals surface area contributed by atoms with Gasteiger partial charge in [0.25, 0.3) is 0 Å². The van der Waals surface area contributed by atoms with Crippen LogP contribution in [0.25, 0.3) is 11.3 Å². The summed E-state index contributed by atoms with van der Waals surface area (Å²) in [6.07, 6.45) is -2.93. The molecule has 128 valence electrons.